The highest BCUT2D eigenvalue weighted by Crippen LogP contribution is 2.35. The summed E-state index contributed by atoms with van der Waals surface area (Å²) in [4.78, 5) is 41.6. The van der Waals surface area contributed by atoms with E-state index >= 15 is 0 Å². The van der Waals surface area contributed by atoms with Crippen molar-refractivity contribution in [2.45, 2.75) is 73.6 Å². The lowest BCUT2D eigenvalue weighted by Gasteiger charge is -2.27. The van der Waals surface area contributed by atoms with Gasteiger partial charge in [0, 0.05) is 18.6 Å². The molecule has 2 heterocycles. The summed E-state index contributed by atoms with van der Waals surface area (Å²) in [5.41, 5.74) is -2.73. The van der Waals surface area contributed by atoms with Gasteiger partial charge in [-0.05, 0) is 57.2 Å². The Labute approximate surface area is 229 Å². The molecule has 14 heteroatoms. The summed E-state index contributed by atoms with van der Waals surface area (Å²) in [7, 11) is -3.41. The van der Waals surface area contributed by atoms with Crippen molar-refractivity contribution in [1.82, 2.24) is 4.98 Å². The van der Waals surface area contributed by atoms with Gasteiger partial charge in [0.05, 0.1) is 22.4 Å². The molecule has 0 bridgehead atoms. The van der Waals surface area contributed by atoms with E-state index in [4.69, 9.17) is 14.2 Å². The lowest BCUT2D eigenvalue weighted by Crippen LogP contribution is -2.48. The zero-order valence-electron chi connectivity index (χ0n) is 21.4. The van der Waals surface area contributed by atoms with Crippen LogP contribution in [0, 0.1) is 0 Å². The summed E-state index contributed by atoms with van der Waals surface area (Å²) < 4.78 is 42.0. The number of benzene rings is 1. The molecule has 12 nitrogen and oxygen atoms in total. The molecule has 39 heavy (non-hydrogen) atoms. The SMILES string of the molecule is CC(C)OC(C(=O)O)(C(=O)O)c1csc(NC(=O)C(OC2CCOCC2)c2ccc(S(=O)(=O)C3CC3)cc2)n1. The van der Waals surface area contributed by atoms with E-state index in [1.165, 1.54) is 43.5 Å². The van der Waals surface area contributed by atoms with Crippen LogP contribution in [0.15, 0.2) is 34.5 Å². The van der Waals surface area contributed by atoms with E-state index in [9.17, 15) is 33.0 Å². The molecule has 1 aromatic carbocycles. The zero-order valence-corrected chi connectivity index (χ0v) is 23.0. The minimum absolute atomic E-state index is 0.0530. The number of aliphatic carboxylic acids is 2. The van der Waals surface area contributed by atoms with Gasteiger partial charge in [0.25, 0.3) is 5.91 Å². The topological polar surface area (TPSA) is 178 Å². The summed E-state index contributed by atoms with van der Waals surface area (Å²) in [5.74, 6) is -4.15. The van der Waals surface area contributed by atoms with Crippen LogP contribution in [-0.2, 0) is 44.0 Å². The Morgan fingerprint density at radius 1 is 1.08 bits per heavy atom. The van der Waals surface area contributed by atoms with E-state index in [1.54, 1.807) is 0 Å². The van der Waals surface area contributed by atoms with Crippen LogP contribution in [0.1, 0.15) is 56.9 Å². The van der Waals surface area contributed by atoms with Crippen LogP contribution in [0.25, 0.3) is 0 Å². The van der Waals surface area contributed by atoms with Crippen LogP contribution in [-0.4, -0.2) is 72.1 Å². The molecule has 1 aliphatic carbocycles. The maximum Gasteiger partial charge on any atom is 0.354 e. The zero-order chi connectivity index (χ0) is 28.4. The second kappa shape index (κ2) is 11.7. The second-order valence-electron chi connectivity index (χ2n) is 9.63. The van der Waals surface area contributed by atoms with Crippen molar-refractivity contribution in [3.8, 4) is 0 Å². The lowest BCUT2D eigenvalue weighted by atomic mass is 10.0. The molecule has 1 amide bonds. The first-order valence-corrected chi connectivity index (χ1v) is 14.9. The molecule has 1 aliphatic heterocycles. The molecule has 212 valence electrons. The second-order valence-corrected chi connectivity index (χ2v) is 12.7. The summed E-state index contributed by atoms with van der Waals surface area (Å²) >= 11 is 0.837. The van der Waals surface area contributed by atoms with Crippen LogP contribution in [0.2, 0.25) is 0 Å². The van der Waals surface area contributed by atoms with Gasteiger partial charge >= 0.3 is 17.5 Å². The Kier molecular flexibility index (Phi) is 8.71. The fourth-order valence-electron chi connectivity index (χ4n) is 4.19. The number of carbonyl (C=O) groups is 3. The predicted octanol–water partition coefficient (Wildman–Crippen LogP) is 2.74. The van der Waals surface area contributed by atoms with Crippen LogP contribution in [0.4, 0.5) is 5.13 Å². The fraction of sp³-hybridized carbons (Fsp3) is 0.520. The number of carboxylic acid groups (broad SMARTS) is 2. The van der Waals surface area contributed by atoms with Crippen LogP contribution in [0.3, 0.4) is 0 Å². The molecule has 2 fully saturated rings. The van der Waals surface area contributed by atoms with Crippen LogP contribution >= 0.6 is 11.3 Å². The van der Waals surface area contributed by atoms with Crippen molar-refractivity contribution < 1.29 is 47.2 Å². The van der Waals surface area contributed by atoms with E-state index in [2.05, 4.69) is 10.3 Å². The maximum atomic E-state index is 13.4. The number of sulfone groups is 1. The Bertz CT molecular complexity index is 1300. The third-order valence-corrected chi connectivity index (χ3v) is 9.36. The number of carboxylic acids is 2. The number of amides is 1. The van der Waals surface area contributed by atoms with E-state index < -0.39 is 51.2 Å². The summed E-state index contributed by atoms with van der Waals surface area (Å²) in [6.45, 7) is 3.93. The van der Waals surface area contributed by atoms with Crippen molar-refractivity contribution in [3.05, 3.63) is 40.9 Å². The van der Waals surface area contributed by atoms with E-state index in [0.717, 1.165) is 11.3 Å². The molecule has 1 saturated heterocycles. The Morgan fingerprint density at radius 3 is 2.23 bits per heavy atom. The number of ether oxygens (including phenoxy) is 3. The molecular weight excluding hydrogens is 552 g/mol. The van der Waals surface area contributed by atoms with Crippen LogP contribution in [0.5, 0.6) is 0 Å². The molecular formula is C25H30N2O10S2. The molecule has 1 unspecified atom stereocenters. The van der Waals surface area contributed by atoms with E-state index in [0.29, 0.717) is 44.5 Å². The Hall–Kier alpha value is -2.91. The van der Waals surface area contributed by atoms with Crippen LogP contribution < -0.4 is 5.32 Å². The predicted molar refractivity (Wildman–Crippen MR) is 138 cm³/mol. The molecule has 0 radical (unpaired) electrons. The Morgan fingerprint density at radius 2 is 1.69 bits per heavy atom. The maximum absolute atomic E-state index is 13.4. The number of hydrogen-bond acceptors (Lipinski definition) is 10. The molecule has 3 N–H and O–H groups in total. The van der Waals surface area contributed by atoms with E-state index in [-0.39, 0.29) is 21.4 Å². The lowest BCUT2D eigenvalue weighted by molar-refractivity contribution is -0.191. The van der Waals surface area contributed by atoms with Crippen molar-refractivity contribution in [3.63, 3.8) is 0 Å². The summed E-state index contributed by atoms with van der Waals surface area (Å²) in [5, 5.41) is 22.8. The molecule has 1 aromatic heterocycles. The number of nitrogens with one attached hydrogen (secondary N) is 1. The smallest absolute Gasteiger partial charge is 0.354 e. The standard InChI is InChI=1S/C25H30N2O10S2/c1-14(2)37-25(22(29)30,23(31)32)19-13-38-24(26-19)27-21(28)20(36-16-9-11-35-12-10-16)15-3-5-17(6-4-15)39(33,34)18-7-8-18/h3-6,13-14,16,18,20H,7-12H2,1-2H3,(H,29,30)(H,31,32)(H,26,27,28). The minimum atomic E-state index is -3.41. The molecule has 1 atom stereocenters. The summed E-state index contributed by atoms with van der Waals surface area (Å²) in [6.07, 6.45) is 0.199. The van der Waals surface area contributed by atoms with Gasteiger partial charge in [0.2, 0.25) is 0 Å². The molecule has 4 rings (SSSR count). The Balaban J connectivity index is 1.59. The number of carbonyl (C=O) groups excluding carboxylic acids is 1. The van der Waals surface area contributed by atoms with Gasteiger partial charge in [-0.25, -0.2) is 23.0 Å². The number of rotatable bonds is 12. The molecule has 2 aliphatic rings. The number of anilines is 1. The third kappa shape index (κ3) is 6.30. The highest BCUT2D eigenvalue weighted by Gasteiger charge is 2.53. The normalized spacial score (nSPS) is 17.6. The average molecular weight is 583 g/mol. The fourth-order valence-corrected chi connectivity index (χ4v) is 6.60. The molecule has 2 aromatic rings. The van der Waals surface area contributed by atoms with Gasteiger partial charge in [-0.1, -0.05) is 12.1 Å². The monoisotopic (exact) mass is 582 g/mol. The minimum Gasteiger partial charge on any atom is -0.478 e. The number of aromatic nitrogens is 1. The van der Waals surface area contributed by atoms with Crippen molar-refractivity contribution in [2.24, 2.45) is 0 Å². The quantitative estimate of drug-likeness (QED) is 0.313. The third-order valence-electron chi connectivity index (χ3n) is 6.32. The van der Waals surface area contributed by atoms with Gasteiger partial charge in [0.1, 0.15) is 5.69 Å². The number of hydrogen-bond donors (Lipinski definition) is 3. The first-order valence-electron chi connectivity index (χ1n) is 12.4. The van der Waals surface area contributed by atoms with Gasteiger partial charge in [-0.15, -0.1) is 11.3 Å². The van der Waals surface area contributed by atoms with Crippen molar-refractivity contribution in [2.75, 3.05) is 18.5 Å². The molecule has 0 spiro atoms. The highest BCUT2D eigenvalue weighted by molar-refractivity contribution is 7.92. The average Bonchev–Trinajstić information content (AvgIpc) is 3.66. The van der Waals surface area contributed by atoms with Gasteiger partial charge in [-0.2, -0.15) is 0 Å². The first-order chi connectivity index (χ1) is 18.4. The first kappa shape index (κ1) is 29.1. The number of thiazole rings is 1. The van der Waals surface area contributed by atoms with Crippen molar-refractivity contribution in [1.29, 1.82) is 0 Å². The highest BCUT2D eigenvalue weighted by atomic mass is 32.2. The van der Waals surface area contributed by atoms with Gasteiger partial charge < -0.3 is 24.4 Å². The largest absolute Gasteiger partial charge is 0.478 e. The number of nitrogens with zero attached hydrogens (tertiary/aromatic N) is 1. The van der Waals surface area contributed by atoms with Crippen molar-refractivity contribution >= 4 is 44.2 Å². The van der Waals surface area contributed by atoms with Gasteiger partial charge in [0.15, 0.2) is 21.1 Å². The van der Waals surface area contributed by atoms with E-state index in [1.807, 2.05) is 0 Å². The molecule has 1 saturated carbocycles. The summed E-state index contributed by atoms with van der Waals surface area (Å²) in [6, 6.07) is 5.97. The van der Waals surface area contributed by atoms with Gasteiger partial charge in [-0.3, -0.25) is 10.1 Å².